The Morgan fingerprint density at radius 2 is 2.12 bits per heavy atom. The molecule has 84 valence electrons. The second-order valence-corrected chi connectivity index (χ2v) is 4.72. The fourth-order valence-electron chi connectivity index (χ4n) is 1.79. The summed E-state index contributed by atoms with van der Waals surface area (Å²) in [6.07, 6.45) is 0. The molecule has 1 aromatic carbocycles. The van der Waals surface area contributed by atoms with Gasteiger partial charge in [0.05, 0.1) is 24.8 Å². The van der Waals surface area contributed by atoms with Gasteiger partial charge in [-0.1, -0.05) is 22.0 Å². The molecule has 1 saturated heterocycles. The quantitative estimate of drug-likeness (QED) is 0.833. The number of benzene rings is 1. The van der Waals surface area contributed by atoms with E-state index in [1.807, 2.05) is 18.2 Å². The fraction of sp³-hybridized carbons (Fsp3) is 0.417. The van der Waals surface area contributed by atoms with E-state index in [4.69, 9.17) is 10.00 Å². The highest BCUT2D eigenvalue weighted by molar-refractivity contribution is 9.10. The lowest BCUT2D eigenvalue weighted by Crippen LogP contribution is -2.35. The largest absolute Gasteiger partial charge is 0.379 e. The molecule has 3 nitrogen and oxygen atoms in total. The van der Waals surface area contributed by atoms with Gasteiger partial charge in [-0.15, -0.1) is 0 Å². The molecule has 4 heteroatoms. The standard InChI is InChI=1S/C12H13BrN2O/c13-12-2-1-10(11(7-12)8-14)9-15-3-5-16-6-4-15/h1-2,7H,3-6,9H2. The zero-order valence-electron chi connectivity index (χ0n) is 8.95. The van der Waals surface area contributed by atoms with Crippen LogP contribution in [-0.2, 0) is 11.3 Å². The Balaban J connectivity index is 2.11. The normalized spacial score (nSPS) is 17.0. The van der Waals surface area contributed by atoms with Crippen molar-refractivity contribution in [2.45, 2.75) is 6.54 Å². The van der Waals surface area contributed by atoms with Crippen molar-refractivity contribution in [3.63, 3.8) is 0 Å². The van der Waals surface area contributed by atoms with Gasteiger partial charge in [0.25, 0.3) is 0 Å². The monoisotopic (exact) mass is 280 g/mol. The van der Waals surface area contributed by atoms with E-state index in [0.29, 0.717) is 0 Å². The molecule has 1 aliphatic rings. The zero-order valence-corrected chi connectivity index (χ0v) is 10.5. The fourth-order valence-corrected chi connectivity index (χ4v) is 2.15. The second-order valence-electron chi connectivity index (χ2n) is 3.80. The maximum Gasteiger partial charge on any atom is 0.0995 e. The van der Waals surface area contributed by atoms with Crippen molar-refractivity contribution >= 4 is 15.9 Å². The van der Waals surface area contributed by atoms with Crippen molar-refractivity contribution in [1.82, 2.24) is 4.90 Å². The number of halogens is 1. The number of nitriles is 1. The molecular weight excluding hydrogens is 268 g/mol. The molecule has 1 aromatic rings. The van der Waals surface area contributed by atoms with Crippen molar-refractivity contribution < 1.29 is 4.74 Å². The van der Waals surface area contributed by atoms with Gasteiger partial charge in [0.15, 0.2) is 0 Å². The van der Waals surface area contributed by atoms with Crippen LogP contribution in [0.4, 0.5) is 0 Å². The van der Waals surface area contributed by atoms with Crippen LogP contribution >= 0.6 is 15.9 Å². The molecular formula is C12H13BrN2O. The highest BCUT2D eigenvalue weighted by Gasteiger charge is 2.12. The number of hydrogen-bond acceptors (Lipinski definition) is 3. The van der Waals surface area contributed by atoms with Gasteiger partial charge in [-0.2, -0.15) is 5.26 Å². The molecule has 1 aliphatic heterocycles. The third kappa shape index (κ3) is 2.82. The van der Waals surface area contributed by atoms with Crippen LogP contribution in [0.5, 0.6) is 0 Å². The predicted octanol–water partition coefficient (Wildman–Crippen LogP) is 2.15. The van der Waals surface area contributed by atoms with Gasteiger partial charge in [0.1, 0.15) is 0 Å². The number of rotatable bonds is 2. The molecule has 16 heavy (non-hydrogen) atoms. The number of nitrogens with zero attached hydrogens (tertiary/aromatic N) is 2. The minimum atomic E-state index is 0.751. The van der Waals surface area contributed by atoms with E-state index in [0.717, 1.165) is 48.4 Å². The molecule has 0 N–H and O–H groups in total. The summed E-state index contributed by atoms with van der Waals surface area (Å²) in [6, 6.07) is 8.10. The zero-order chi connectivity index (χ0) is 11.4. The number of ether oxygens (including phenoxy) is 1. The Hall–Kier alpha value is -0.890. The maximum absolute atomic E-state index is 9.06. The highest BCUT2D eigenvalue weighted by atomic mass is 79.9. The molecule has 0 aromatic heterocycles. The van der Waals surface area contributed by atoms with Gasteiger partial charge in [-0.25, -0.2) is 0 Å². The van der Waals surface area contributed by atoms with E-state index in [1.165, 1.54) is 0 Å². The van der Waals surface area contributed by atoms with Crippen LogP contribution in [0.2, 0.25) is 0 Å². The van der Waals surface area contributed by atoms with E-state index in [2.05, 4.69) is 26.9 Å². The van der Waals surface area contributed by atoms with E-state index < -0.39 is 0 Å². The molecule has 1 heterocycles. The van der Waals surface area contributed by atoms with Crippen LogP contribution in [0.1, 0.15) is 11.1 Å². The molecule has 0 amide bonds. The van der Waals surface area contributed by atoms with Gasteiger partial charge in [0, 0.05) is 24.1 Å². The molecule has 0 atom stereocenters. The Morgan fingerprint density at radius 1 is 1.38 bits per heavy atom. The van der Waals surface area contributed by atoms with Gasteiger partial charge >= 0.3 is 0 Å². The molecule has 1 fully saturated rings. The summed E-state index contributed by atoms with van der Waals surface area (Å²) in [5, 5.41) is 9.06. The van der Waals surface area contributed by atoms with E-state index in [-0.39, 0.29) is 0 Å². The van der Waals surface area contributed by atoms with Crippen LogP contribution in [0.25, 0.3) is 0 Å². The third-order valence-corrected chi connectivity index (χ3v) is 3.18. The van der Waals surface area contributed by atoms with Gasteiger partial charge in [0.2, 0.25) is 0 Å². The first-order valence-corrected chi connectivity index (χ1v) is 6.07. The van der Waals surface area contributed by atoms with Crippen molar-refractivity contribution in [3.8, 4) is 6.07 Å². The molecule has 0 spiro atoms. The molecule has 0 unspecified atom stereocenters. The summed E-state index contributed by atoms with van der Waals surface area (Å²) in [5.74, 6) is 0. The minimum absolute atomic E-state index is 0.751. The first-order chi connectivity index (χ1) is 7.79. The van der Waals surface area contributed by atoms with E-state index in [1.54, 1.807) is 0 Å². The van der Waals surface area contributed by atoms with Crippen molar-refractivity contribution in [3.05, 3.63) is 33.8 Å². The average Bonchev–Trinajstić information content (AvgIpc) is 2.33. The smallest absolute Gasteiger partial charge is 0.0995 e. The van der Waals surface area contributed by atoms with Crippen LogP contribution in [0, 0.1) is 11.3 Å². The van der Waals surface area contributed by atoms with Crippen molar-refractivity contribution in [2.24, 2.45) is 0 Å². The molecule has 0 aliphatic carbocycles. The summed E-state index contributed by atoms with van der Waals surface area (Å²) in [6.45, 7) is 4.30. The van der Waals surface area contributed by atoms with Gasteiger partial charge in [-0.3, -0.25) is 4.90 Å². The summed E-state index contributed by atoms with van der Waals surface area (Å²) < 4.78 is 6.25. The first kappa shape index (κ1) is 11.6. The lowest BCUT2D eigenvalue weighted by Gasteiger charge is -2.26. The summed E-state index contributed by atoms with van der Waals surface area (Å²) >= 11 is 3.38. The maximum atomic E-state index is 9.06. The van der Waals surface area contributed by atoms with Crippen LogP contribution in [0.15, 0.2) is 22.7 Å². The minimum Gasteiger partial charge on any atom is -0.379 e. The number of hydrogen-bond donors (Lipinski definition) is 0. The average molecular weight is 281 g/mol. The molecule has 0 saturated carbocycles. The number of morpholine rings is 1. The molecule has 2 rings (SSSR count). The predicted molar refractivity (Wildman–Crippen MR) is 65.0 cm³/mol. The summed E-state index contributed by atoms with van der Waals surface area (Å²) in [5.41, 5.74) is 1.84. The first-order valence-electron chi connectivity index (χ1n) is 5.28. The Kier molecular flexibility index (Phi) is 3.94. The SMILES string of the molecule is N#Cc1cc(Br)ccc1CN1CCOCC1. The van der Waals surface area contributed by atoms with Crippen LogP contribution < -0.4 is 0 Å². The lowest BCUT2D eigenvalue weighted by molar-refractivity contribution is 0.0341. The van der Waals surface area contributed by atoms with Crippen LogP contribution in [-0.4, -0.2) is 31.2 Å². The van der Waals surface area contributed by atoms with Crippen molar-refractivity contribution in [1.29, 1.82) is 5.26 Å². The van der Waals surface area contributed by atoms with E-state index >= 15 is 0 Å². The Labute approximate surface area is 104 Å². The summed E-state index contributed by atoms with van der Waals surface area (Å²) in [7, 11) is 0. The lowest BCUT2D eigenvalue weighted by atomic mass is 10.1. The highest BCUT2D eigenvalue weighted by Crippen LogP contribution is 2.18. The molecule has 0 bridgehead atoms. The Bertz CT molecular complexity index is 408. The second kappa shape index (κ2) is 5.44. The topological polar surface area (TPSA) is 36.3 Å². The van der Waals surface area contributed by atoms with Crippen LogP contribution in [0.3, 0.4) is 0 Å². The van der Waals surface area contributed by atoms with Crippen molar-refractivity contribution in [2.75, 3.05) is 26.3 Å². The molecule has 0 radical (unpaired) electrons. The van der Waals surface area contributed by atoms with Gasteiger partial charge in [-0.05, 0) is 17.7 Å². The third-order valence-electron chi connectivity index (χ3n) is 2.69. The summed E-state index contributed by atoms with van der Waals surface area (Å²) in [4.78, 5) is 2.31. The Morgan fingerprint density at radius 3 is 2.81 bits per heavy atom. The van der Waals surface area contributed by atoms with Gasteiger partial charge < -0.3 is 4.74 Å². The van der Waals surface area contributed by atoms with E-state index in [9.17, 15) is 0 Å².